The van der Waals surface area contributed by atoms with Crippen molar-refractivity contribution in [2.45, 2.75) is 33.3 Å². The van der Waals surface area contributed by atoms with Gasteiger partial charge in [0.25, 0.3) is 0 Å². The summed E-state index contributed by atoms with van der Waals surface area (Å²) < 4.78 is 0. The SMILES string of the molecule is CC(C)(C)[C@H](O)C/C=C/c1ccccc1. The van der Waals surface area contributed by atoms with Crippen molar-refractivity contribution in [3.63, 3.8) is 0 Å². The van der Waals surface area contributed by atoms with Gasteiger partial charge in [0.2, 0.25) is 0 Å². The lowest BCUT2D eigenvalue weighted by Crippen LogP contribution is -2.24. The average molecular weight is 204 g/mol. The van der Waals surface area contributed by atoms with Crippen molar-refractivity contribution in [2.24, 2.45) is 5.41 Å². The van der Waals surface area contributed by atoms with E-state index in [2.05, 4.69) is 18.2 Å². The summed E-state index contributed by atoms with van der Waals surface area (Å²) in [6.45, 7) is 6.15. The molecule has 0 saturated heterocycles. The van der Waals surface area contributed by atoms with E-state index >= 15 is 0 Å². The highest BCUT2D eigenvalue weighted by atomic mass is 16.3. The molecule has 0 saturated carbocycles. The molecule has 1 rings (SSSR count). The maximum atomic E-state index is 9.81. The molecule has 0 bridgehead atoms. The molecule has 0 aliphatic carbocycles. The van der Waals surface area contributed by atoms with Crippen molar-refractivity contribution in [2.75, 3.05) is 0 Å². The van der Waals surface area contributed by atoms with Crippen molar-refractivity contribution in [1.29, 1.82) is 0 Å². The van der Waals surface area contributed by atoms with Gasteiger partial charge in [-0.25, -0.2) is 0 Å². The average Bonchev–Trinajstić information content (AvgIpc) is 2.18. The van der Waals surface area contributed by atoms with Crippen LogP contribution in [0.5, 0.6) is 0 Å². The normalized spacial score (nSPS) is 14.4. The Morgan fingerprint density at radius 2 is 1.80 bits per heavy atom. The molecule has 1 heteroatoms. The lowest BCUT2D eigenvalue weighted by atomic mass is 9.87. The third kappa shape index (κ3) is 4.30. The van der Waals surface area contributed by atoms with Gasteiger partial charge in [-0.05, 0) is 17.4 Å². The Morgan fingerprint density at radius 1 is 1.20 bits per heavy atom. The van der Waals surface area contributed by atoms with E-state index in [-0.39, 0.29) is 11.5 Å². The lowest BCUT2D eigenvalue weighted by Gasteiger charge is -2.24. The number of hydrogen-bond donors (Lipinski definition) is 1. The van der Waals surface area contributed by atoms with E-state index in [1.807, 2.05) is 45.0 Å². The highest BCUT2D eigenvalue weighted by Crippen LogP contribution is 2.22. The van der Waals surface area contributed by atoms with Gasteiger partial charge < -0.3 is 5.11 Å². The van der Waals surface area contributed by atoms with E-state index < -0.39 is 0 Å². The van der Waals surface area contributed by atoms with Crippen molar-refractivity contribution in [3.8, 4) is 0 Å². The quantitative estimate of drug-likeness (QED) is 0.799. The molecule has 0 heterocycles. The zero-order valence-corrected chi connectivity index (χ0v) is 9.77. The van der Waals surface area contributed by atoms with Crippen LogP contribution in [0.2, 0.25) is 0 Å². The molecule has 0 spiro atoms. The summed E-state index contributed by atoms with van der Waals surface area (Å²) in [7, 11) is 0. The fourth-order valence-electron chi connectivity index (χ4n) is 1.25. The molecule has 0 amide bonds. The predicted molar refractivity (Wildman–Crippen MR) is 65.6 cm³/mol. The zero-order valence-electron chi connectivity index (χ0n) is 9.77. The van der Waals surface area contributed by atoms with Gasteiger partial charge >= 0.3 is 0 Å². The number of aliphatic hydroxyl groups excluding tert-OH is 1. The minimum atomic E-state index is -0.280. The monoisotopic (exact) mass is 204 g/mol. The van der Waals surface area contributed by atoms with Crippen LogP contribution in [-0.4, -0.2) is 11.2 Å². The Bertz CT molecular complexity index is 306. The molecular formula is C14H20O. The van der Waals surface area contributed by atoms with Gasteiger partial charge in [-0.1, -0.05) is 63.3 Å². The standard InChI is InChI=1S/C14H20O/c1-14(2,3)13(15)11-7-10-12-8-5-4-6-9-12/h4-10,13,15H,11H2,1-3H3/b10-7+/t13-/m1/s1. The Balaban J connectivity index is 2.48. The third-order valence-corrected chi connectivity index (χ3v) is 2.47. The first-order valence-corrected chi connectivity index (χ1v) is 5.40. The van der Waals surface area contributed by atoms with Crippen molar-refractivity contribution in [1.82, 2.24) is 0 Å². The van der Waals surface area contributed by atoms with E-state index in [0.717, 1.165) is 0 Å². The summed E-state index contributed by atoms with van der Waals surface area (Å²) in [4.78, 5) is 0. The van der Waals surface area contributed by atoms with Crippen molar-refractivity contribution in [3.05, 3.63) is 42.0 Å². The van der Waals surface area contributed by atoms with Crippen LogP contribution >= 0.6 is 0 Å². The van der Waals surface area contributed by atoms with E-state index in [0.29, 0.717) is 6.42 Å². The summed E-state index contributed by atoms with van der Waals surface area (Å²) in [5.74, 6) is 0. The first-order valence-electron chi connectivity index (χ1n) is 5.40. The molecule has 0 unspecified atom stereocenters. The van der Waals surface area contributed by atoms with Gasteiger partial charge in [0, 0.05) is 0 Å². The second kappa shape index (κ2) is 5.13. The summed E-state index contributed by atoms with van der Waals surface area (Å²) >= 11 is 0. The molecule has 0 aliphatic heterocycles. The van der Waals surface area contributed by atoms with Crippen LogP contribution in [0.3, 0.4) is 0 Å². The molecule has 0 aliphatic rings. The smallest absolute Gasteiger partial charge is 0.0622 e. The fraction of sp³-hybridized carbons (Fsp3) is 0.429. The topological polar surface area (TPSA) is 20.2 Å². The molecule has 0 radical (unpaired) electrons. The predicted octanol–water partition coefficient (Wildman–Crippen LogP) is 3.50. The molecule has 0 fully saturated rings. The Labute approximate surface area is 92.5 Å². The van der Waals surface area contributed by atoms with Crippen LogP contribution in [0.1, 0.15) is 32.8 Å². The number of benzene rings is 1. The molecule has 82 valence electrons. The third-order valence-electron chi connectivity index (χ3n) is 2.47. The minimum absolute atomic E-state index is 0.0406. The van der Waals surface area contributed by atoms with Gasteiger partial charge in [-0.15, -0.1) is 0 Å². The number of aliphatic hydroxyl groups is 1. The maximum absolute atomic E-state index is 9.81. The van der Waals surface area contributed by atoms with Gasteiger partial charge in [-0.3, -0.25) is 0 Å². The van der Waals surface area contributed by atoms with Gasteiger partial charge in [0.05, 0.1) is 6.10 Å². The van der Waals surface area contributed by atoms with Crippen LogP contribution in [0.15, 0.2) is 36.4 Å². The summed E-state index contributed by atoms with van der Waals surface area (Å²) in [5, 5.41) is 9.81. The van der Waals surface area contributed by atoms with Crippen LogP contribution in [0.25, 0.3) is 6.08 Å². The van der Waals surface area contributed by atoms with E-state index in [1.165, 1.54) is 5.56 Å². The Kier molecular flexibility index (Phi) is 4.10. The highest BCUT2D eigenvalue weighted by molar-refractivity contribution is 5.48. The molecule has 1 aromatic rings. The van der Waals surface area contributed by atoms with Crippen LogP contribution in [0, 0.1) is 5.41 Å². The Hall–Kier alpha value is -1.08. The summed E-state index contributed by atoms with van der Waals surface area (Å²) in [5.41, 5.74) is 1.14. The molecule has 0 aromatic heterocycles. The van der Waals surface area contributed by atoms with Crippen LogP contribution < -0.4 is 0 Å². The highest BCUT2D eigenvalue weighted by Gasteiger charge is 2.20. The molecule has 1 nitrogen and oxygen atoms in total. The van der Waals surface area contributed by atoms with E-state index in [9.17, 15) is 5.11 Å². The van der Waals surface area contributed by atoms with Crippen LogP contribution in [0.4, 0.5) is 0 Å². The molecule has 15 heavy (non-hydrogen) atoms. The first-order chi connectivity index (χ1) is 7.00. The Morgan fingerprint density at radius 3 is 2.33 bits per heavy atom. The number of hydrogen-bond acceptors (Lipinski definition) is 1. The molecule has 1 aromatic carbocycles. The second-order valence-corrected chi connectivity index (χ2v) is 4.93. The lowest BCUT2D eigenvalue weighted by molar-refractivity contribution is 0.0661. The minimum Gasteiger partial charge on any atom is -0.392 e. The van der Waals surface area contributed by atoms with Gasteiger partial charge in [0.15, 0.2) is 0 Å². The zero-order chi connectivity index (χ0) is 11.3. The van der Waals surface area contributed by atoms with Crippen molar-refractivity contribution < 1.29 is 5.11 Å². The van der Waals surface area contributed by atoms with Gasteiger partial charge in [-0.2, -0.15) is 0 Å². The van der Waals surface area contributed by atoms with E-state index in [1.54, 1.807) is 0 Å². The second-order valence-electron chi connectivity index (χ2n) is 4.93. The van der Waals surface area contributed by atoms with E-state index in [4.69, 9.17) is 0 Å². The van der Waals surface area contributed by atoms with Gasteiger partial charge in [0.1, 0.15) is 0 Å². The summed E-state index contributed by atoms with van der Waals surface area (Å²) in [6.07, 6.45) is 4.51. The van der Waals surface area contributed by atoms with Crippen molar-refractivity contribution >= 4 is 6.08 Å². The van der Waals surface area contributed by atoms with Crippen LogP contribution in [-0.2, 0) is 0 Å². The fourth-order valence-corrected chi connectivity index (χ4v) is 1.25. The molecular weight excluding hydrogens is 184 g/mol. The summed E-state index contributed by atoms with van der Waals surface area (Å²) in [6, 6.07) is 10.1. The largest absolute Gasteiger partial charge is 0.392 e. The molecule has 1 atom stereocenters. The molecule has 1 N–H and O–H groups in total. The number of rotatable bonds is 3. The first kappa shape index (κ1) is 12.0. The maximum Gasteiger partial charge on any atom is 0.0622 e.